The molecule has 0 radical (unpaired) electrons. The fourth-order valence-corrected chi connectivity index (χ4v) is 2.22. The number of nitrogens with one attached hydrogen (secondary N) is 1. The molecule has 0 fully saturated rings. The van der Waals surface area contributed by atoms with Gasteiger partial charge in [0.1, 0.15) is 5.75 Å². The highest BCUT2D eigenvalue weighted by Crippen LogP contribution is 2.19. The minimum Gasteiger partial charge on any atom is -0.496 e. The van der Waals surface area contributed by atoms with Gasteiger partial charge in [0.05, 0.1) is 7.11 Å². The molecular weight excluding hydrogens is 234 g/mol. The summed E-state index contributed by atoms with van der Waals surface area (Å²) in [6.07, 6.45) is 0. The first-order valence-electron chi connectivity index (χ1n) is 6.01. The number of hydrogen-bond acceptors (Lipinski definition) is 2. The van der Waals surface area contributed by atoms with Crippen molar-refractivity contribution in [2.24, 2.45) is 5.92 Å². The van der Waals surface area contributed by atoms with Crippen molar-refractivity contribution in [2.75, 3.05) is 13.0 Å². The Kier molecular flexibility index (Phi) is 5.79. The van der Waals surface area contributed by atoms with Gasteiger partial charge in [0.2, 0.25) is 0 Å². The van der Waals surface area contributed by atoms with E-state index in [-0.39, 0.29) is 0 Å². The first-order valence-corrected chi connectivity index (χ1v) is 6.54. The largest absolute Gasteiger partial charge is 0.496 e. The molecule has 96 valence electrons. The lowest BCUT2D eigenvalue weighted by molar-refractivity contribution is 0.396. The lowest BCUT2D eigenvalue weighted by Gasteiger charge is -2.20. The van der Waals surface area contributed by atoms with Crippen LogP contribution in [0.5, 0.6) is 5.75 Å². The minimum absolute atomic E-state index is 0.335. The highest BCUT2D eigenvalue weighted by Gasteiger charge is 2.12. The molecule has 0 bridgehead atoms. The number of methoxy groups -OCH3 is 1. The third-order valence-electron chi connectivity index (χ3n) is 2.96. The van der Waals surface area contributed by atoms with Gasteiger partial charge in [0.25, 0.3) is 0 Å². The van der Waals surface area contributed by atoms with Crippen molar-refractivity contribution in [1.82, 2.24) is 5.32 Å². The van der Waals surface area contributed by atoms with E-state index < -0.39 is 0 Å². The highest BCUT2D eigenvalue weighted by atomic mass is 35.5. The molecule has 1 N–H and O–H groups in total. The molecule has 2 nitrogen and oxygen atoms in total. The normalized spacial score (nSPS) is 12.8. The van der Waals surface area contributed by atoms with Crippen molar-refractivity contribution in [3.8, 4) is 5.75 Å². The number of rotatable bonds is 6. The molecule has 0 amide bonds. The molecule has 0 spiro atoms. The molecule has 17 heavy (non-hydrogen) atoms. The SMILES string of the molecule is COc1ccc(C)cc1CNC(CCl)C(C)C. The second kappa shape index (κ2) is 6.87. The zero-order valence-electron chi connectivity index (χ0n) is 11.1. The van der Waals surface area contributed by atoms with Gasteiger partial charge in [0, 0.05) is 24.0 Å². The van der Waals surface area contributed by atoms with Gasteiger partial charge in [-0.25, -0.2) is 0 Å². The lowest BCUT2D eigenvalue weighted by atomic mass is 10.1. The molecule has 3 heteroatoms. The molecule has 0 heterocycles. The van der Waals surface area contributed by atoms with Crippen LogP contribution < -0.4 is 10.1 Å². The summed E-state index contributed by atoms with van der Waals surface area (Å²) in [5.74, 6) is 2.09. The van der Waals surface area contributed by atoms with Gasteiger partial charge in [-0.1, -0.05) is 31.5 Å². The summed E-state index contributed by atoms with van der Waals surface area (Å²) >= 11 is 5.94. The molecule has 1 rings (SSSR count). The van der Waals surface area contributed by atoms with E-state index in [0.717, 1.165) is 12.3 Å². The summed E-state index contributed by atoms with van der Waals surface area (Å²) < 4.78 is 5.35. The number of alkyl halides is 1. The molecule has 0 aliphatic rings. The van der Waals surface area contributed by atoms with Crippen LogP contribution in [0.1, 0.15) is 25.0 Å². The fraction of sp³-hybridized carbons (Fsp3) is 0.571. The van der Waals surface area contributed by atoms with Crippen LogP contribution >= 0.6 is 11.6 Å². The Balaban J connectivity index is 2.70. The van der Waals surface area contributed by atoms with Crippen LogP contribution in [0, 0.1) is 12.8 Å². The van der Waals surface area contributed by atoms with Gasteiger partial charge in [-0.15, -0.1) is 11.6 Å². The van der Waals surface area contributed by atoms with E-state index in [0.29, 0.717) is 17.8 Å². The predicted octanol–water partition coefficient (Wildman–Crippen LogP) is 3.36. The van der Waals surface area contributed by atoms with Gasteiger partial charge in [-0.3, -0.25) is 0 Å². The Hall–Kier alpha value is -0.730. The van der Waals surface area contributed by atoms with Crippen LogP contribution in [-0.2, 0) is 6.54 Å². The van der Waals surface area contributed by atoms with Crippen LogP contribution in [0.25, 0.3) is 0 Å². The Morgan fingerprint density at radius 3 is 2.59 bits per heavy atom. The van der Waals surface area contributed by atoms with Crippen molar-refractivity contribution < 1.29 is 4.74 Å². The summed E-state index contributed by atoms with van der Waals surface area (Å²) in [4.78, 5) is 0. The van der Waals surface area contributed by atoms with E-state index >= 15 is 0 Å². The first kappa shape index (κ1) is 14.3. The molecule has 1 atom stereocenters. The zero-order valence-corrected chi connectivity index (χ0v) is 11.8. The Morgan fingerprint density at radius 1 is 1.35 bits per heavy atom. The topological polar surface area (TPSA) is 21.3 Å². The molecule has 0 aliphatic heterocycles. The quantitative estimate of drug-likeness (QED) is 0.787. The van der Waals surface area contributed by atoms with Crippen LogP contribution in [0.15, 0.2) is 18.2 Å². The van der Waals surface area contributed by atoms with Gasteiger partial charge >= 0.3 is 0 Å². The molecular formula is C14H22ClNO. The highest BCUT2D eigenvalue weighted by molar-refractivity contribution is 6.18. The second-order valence-electron chi connectivity index (χ2n) is 4.70. The first-order chi connectivity index (χ1) is 8.08. The molecule has 0 aliphatic carbocycles. The number of aryl methyl sites for hydroxylation is 1. The van der Waals surface area contributed by atoms with Crippen molar-refractivity contribution in [3.63, 3.8) is 0 Å². The third kappa shape index (κ3) is 4.21. The lowest BCUT2D eigenvalue weighted by Crippen LogP contribution is -2.35. The second-order valence-corrected chi connectivity index (χ2v) is 5.01. The van der Waals surface area contributed by atoms with Crippen molar-refractivity contribution in [3.05, 3.63) is 29.3 Å². The monoisotopic (exact) mass is 255 g/mol. The van der Waals surface area contributed by atoms with Gasteiger partial charge in [0.15, 0.2) is 0 Å². The summed E-state index contributed by atoms with van der Waals surface area (Å²) in [5, 5.41) is 3.48. The van der Waals surface area contributed by atoms with Crippen LogP contribution in [0.4, 0.5) is 0 Å². The van der Waals surface area contributed by atoms with Gasteiger partial charge < -0.3 is 10.1 Å². The van der Waals surface area contributed by atoms with Crippen LogP contribution in [-0.4, -0.2) is 19.0 Å². The fourth-order valence-electron chi connectivity index (χ4n) is 1.76. The maximum atomic E-state index is 5.94. The Bertz CT molecular complexity index is 352. The van der Waals surface area contributed by atoms with Crippen LogP contribution in [0.2, 0.25) is 0 Å². The van der Waals surface area contributed by atoms with Crippen LogP contribution in [0.3, 0.4) is 0 Å². The van der Waals surface area contributed by atoms with E-state index in [1.165, 1.54) is 11.1 Å². The minimum atomic E-state index is 0.335. The van der Waals surface area contributed by atoms with E-state index in [2.05, 4.69) is 38.2 Å². The van der Waals surface area contributed by atoms with Gasteiger partial charge in [-0.05, 0) is 18.9 Å². The summed E-state index contributed by atoms with van der Waals surface area (Å²) in [6, 6.07) is 6.56. The number of benzene rings is 1. The Morgan fingerprint density at radius 2 is 2.06 bits per heavy atom. The maximum absolute atomic E-state index is 5.94. The maximum Gasteiger partial charge on any atom is 0.123 e. The standard InChI is InChI=1S/C14H22ClNO/c1-10(2)13(8-15)16-9-12-7-11(3)5-6-14(12)17-4/h5-7,10,13,16H,8-9H2,1-4H3. The van der Waals surface area contributed by atoms with E-state index in [1.54, 1.807) is 7.11 Å². The molecule has 1 aromatic carbocycles. The van der Waals surface area contributed by atoms with E-state index in [1.807, 2.05) is 6.07 Å². The summed E-state index contributed by atoms with van der Waals surface area (Å²) in [7, 11) is 1.70. The molecule has 1 unspecified atom stereocenters. The molecule has 1 aromatic rings. The number of ether oxygens (including phenoxy) is 1. The van der Waals surface area contributed by atoms with Crippen molar-refractivity contribution >= 4 is 11.6 Å². The Labute approximate surface area is 109 Å². The molecule has 0 saturated carbocycles. The van der Waals surface area contributed by atoms with E-state index in [4.69, 9.17) is 16.3 Å². The van der Waals surface area contributed by atoms with Crippen molar-refractivity contribution in [2.45, 2.75) is 33.4 Å². The number of hydrogen-bond donors (Lipinski definition) is 1. The summed E-state index contributed by atoms with van der Waals surface area (Å²) in [5.41, 5.74) is 2.43. The zero-order chi connectivity index (χ0) is 12.8. The average molecular weight is 256 g/mol. The van der Waals surface area contributed by atoms with E-state index in [9.17, 15) is 0 Å². The van der Waals surface area contributed by atoms with Gasteiger partial charge in [-0.2, -0.15) is 0 Å². The predicted molar refractivity (Wildman–Crippen MR) is 73.9 cm³/mol. The molecule has 0 saturated heterocycles. The third-order valence-corrected chi connectivity index (χ3v) is 3.29. The number of halogens is 1. The molecule has 0 aromatic heterocycles. The average Bonchev–Trinajstić information content (AvgIpc) is 2.29. The summed E-state index contributed by atoms with van der Waals surface area (Å²) in [6.45, 7) is 7.23. The smallest absolute Gasteiger partial charge is 0.123 e. The van der Waals surface area contributed by atoms with Crippen molar-refractivity contribution in [1.29, 1.82) is 0 Å².